The summed E-state index contributed by atoms with van der Waals surface area (Å²) in [4.78, 5) is 13.6. The minimum atomic E-state index is 0.660. The standard InChI is InChI=1S/C29H19N5/c1-2-8-22(9-3-1)33-16-13-20-17-27-24(18-26(20)33)23-10-4-5-11-25(23)34(27)28-12-15-31-29(32-28)21-7-6-14-30-19-21/h1-19H. The lowest BCUT2D eigenvalue weighted by atomic mass is 10.1. The van der Waals surface area contributed by atoms with Crippen molar-refractivity contribution in [3.63, 3.8) is 0 Å². The Hall–Kier alpha value is -4.77. The first-order chi connectivity index (χ1) is 16.9. The molecule has 4 aromatic heterocycles. The van der Waals surface area contributed by atoms with E-state index in [1.807, 2.05) is 30.5 Å². The lowest BCUT2D eigenvalue weighted by Crippen LogP contribution is -2.00. The molecule has 0 fully saturated rings. The Kier molecular flexibility index (Phi) is 4.08. The third-order valence-corrected chi connectivity index (χ3v) is 6.31. The smallest absolute Gasteiger partial charge is 0.163 e. The van der Waals surface area contributed by atoms with Crippen molar-refractivity contribution in [2.45, 2.75) is 0 Å². The quantitative estimate of drug-likeness (QED) is 0.314. The van der Waals surface area contributed by atoms with Gasteiger partial charge in [0.15, 0.2) is 5.82 Å². The van der Waals surface area contributed by atoms with Crippen molar-refractivity contribution in [3.05, 3.63) is 116 Å². The second kappa shape index (κ2) is 7.39. The summed E-state index contributed by atoms with van der Waals surface area (Å²) in [7, 11) is 0. The average molecular weight is 438 g/mol. The number of aromatic nitrogens is 5. The maximum Gasteiger partial charge on any atom is 0.163 e. The van der Waals surface area contributed by atoms with Crippen LogP contribution in [0.2, 0.25) is 0 Å². The fraction of sp³-hybridized carbons (Fsp3) is 0. The van der Waals surface area contributed by atoms with Crippen LogP contribution in [0.4, 0.5) is 0 Å². The van der Waals surface area contributed by atoms with E-state index in [2.05, 4.69) is 92.0 Å². The molecular weight excluding hydrogens is 418 g/mol. The second-order valence-electron chi connectivity index (χ2n) is 8.28. The van der Waals surface area contributed by atoms with E-state index in [1.54, 1.807) is 12.4 Å². The molecule has 0 amide bonds. The van der Waals surface area contributed by atoms with Gasteiger partial charge in [0.05, 0.1) is 16.6 Å². The molecule has 0 N–H and O–H groups in total. The van der Waals surface area contributed by atoms with Gasteiger partial charge in [-0.2, -0.15) is 0 Å². The Morgan fingerprint density at radius 3 is 2.41 bits per heavy atom. The number of pyridine rings is 1. The molecule has 34 heavy (non-hydrogen) atoms. The summed E-state index contributed by atoms with van der Waals surface area (Å²) in [6, 6.07) is 31.5. The normalized spacial score (nSPS) is 11.5. The van der Waals surface area contributed by atoms with Gasteiger partial charge in [-0.05, 0) is 54.6 Å². The Morgan fingerprint density at radius 2 is 1.53 bits per heavy atom. The molecule has 0 saturated carbocycles. The summed E-state index contributed by atoms with van der Waals surface area (Å²) in [6.07, 6.45) is 7.50. The average Bonchev–Trinajstić information content (AvgIpc) is 3.47. The molecule has 5 heteroatoms. The molecule has 160 valence electrons. The van der Waals surface area contributed by atoms with Crippen LogP contribution in [0.1, 0.15) is 0 Å². The zero-order chi connectivity index (χ0) is 22.5. The summed E-state index contributed by atoms with van der Waals surface area (Å²) in [6.45, 7) is 0. The number of hydrogen-bond acceptors (Lipinski definition) is 3. The van der Waals surface area contributed by atoms with Crippen molar-refractivity contribution in [2.75, 3.05) is 0 Å². The van der Waals surface area contributed by atoms with E-state index in [0.717, 1.165) is 28.1 Å². The van der Waals surface area contributed by atoms with Gasteiger partial charge in [-0.1, -0.05) is 36.4 Å². The number of nitrogens with zero attached hydrogens (tertiary/aromatic N) is 5. The van der Waals surface area contributed by atoms with Crippen molar-refractivity contribution < 1.29 is 0 Å². The molecule has 5 nitrogen and oxygen atoms in total. The van der Waals surface area contributed by atoms with Gasteiger partial charge in [0.2, 0.25) is 0 Å². The molecule has 4 heterocycles. The van der Waals surface area contributed by atoms with E-state index < -0.39 is 0 Å². The van der Waals surface area contributed by atoms with Crippen LogP contribution in [-0.2, 0) is 0 Å². The highest BCUT2D eigenvalue weighted by Crippen LogP contribution is 2.35. The van der Waals surface area contributed by atoms with Crippen molar-refractivity contribution in [2.24, 2.45) is 0 Å². The molecule has 0 spiro atoms. The van der Waals surface area contributed by atoms with Crippen LogP contribution >= 0.6 is 0 Å². The molecule has 0 atom stereocenters. The minimum Gasteiger partial charge on any atom is -0.317 e. The van der Waals surface area contributed by atoms with Gasteiger partial charge >= 0.3 is 0 Å². The molecular formula is C29H19N5. The van der Waals surface area contributed by atoms with Crippen molar-refractivity contribution >= 4 is 32.7 Å². The molecule has 0 aliphatic rings. The lowest BCUT2D eigenvalue weighted by Gasteiger charge is -2.09. The maximum absolute atomic E-state index is 4.93. The monoisotopic (exact) mass is 437 g/mol. The van der Waals surface area contributed by atoms with Crippen LogP contribution in [0.5, 0.6) is 0 Å². The number of para-hydroxylation sites is 2. The number of rotatable bonds is 3. The summed E-state index contributed by atoms with van der Waals surface area (Å²) in [5, 5.41) is 3.57. The Balaban J connectivity index is 1.51. The van der Waals surface area contributed by atoms with Gasteiger partial charge in [0.25, 0.3) is 0 Å². The molecule has 0 aliphatic carbocycles. The van der Waals surface area contributed by atoms with E-state index in [1.165, 1.54) is 21.7 Å². The lowest BCUT2D eigenvalue weighted by molar-refractivity contribution is 1.04. The summed E-state index contributed by atoms with van der Waals surface area (Å²) in [5.74, 6) is 1.50. The number of benzene rings is 3. The maximum atomic E-state index is 4.93. The van der Waals surface area contributed by atoms with Gasteiger partial charge in [-0.3, -0.25) is 9.55 Å². The Labute approximate surface area is 195 Å². The van der Waals surface area contributed by atoms with Crippen LogP contribution < -0.4 is 0 Å². The van der Waals surface area contributed by atoms with Crippen molar-refractivity contribution in [1.29, 1.82) is 0 Å². The zero-order valence-corrected chi connectivity index (χ0v) is 18.2. The van der Waals surface area contributed by atoms with E-state index in [9.17, 15) is 0 Å². The third-order valence-electron chi connectivity index (χ3n) is 6.31. The van der Waals surface area contributed by atoms with Crippen molar-refractivity contribution in [3.8, 4) is 22.9 Å². The Bertz CT molecular complexity index is 1800. The van der Waals surface area contributed by atoms with Gasteiger partial charge in [-0.15, -0.1) is 0 Å². The first kappa shape index (κ1) is 18.8. The van der Waals surface area contributed by atoms with Gasteiger partial charge in [0.1, 0.15) is 5.82 Å². The third kappa shape index (κ3) is 2.84. The fourth-order valence-corrected chi connectivity index (χ4v) is 4.77. The van der Waals surface area contributed by atoms with Gasteiger partial charge < -0.3 is 4.57 Å². The largest absolute Gasteiger partial charge is 0.317 e. The highest BCUT2D eigenvalue weighted by molar-refractivity contribution is 6.13. The molecule has 7 rings (SSSR count). The van der Waals surface area contributed by atoms with Crippen LogP contribution in [0, 0.1) is 0 Å². The van der Waals surface area contributed by atoms with E-state index in [-0.39, 0.29) is 0 Å². The highest BCUT2D eigenvalue weighted by atomic mass is 15.1. The van der Waals surface area contributed by atoms with Gasteiger partial charge in [-0.25, -0.2) is 9.97 Å². The second-order valence-corrected chi connectivity index (χ2v) is 8.28. The zero-order valence-electron chi connectivity index (χ0n) is 18.2. The summed E-state index contributed by atoms with van der Waals surface area (Å²) < 4.78 is 4.47. The number of hydrogen-bond donors (Lipinski definition) is 0. The summed E-state index contributed by atoms with van der Waals surface area (Å²) >= 11 is 0. The molecule has 0 bridgehead atoms. The first-order valence-electron chi connectivity index (χ1n) is 11.2. The summed E-state index contributed by atoms with van der Waals surface area (Å²) in [5.41, 5.74) is 5.47. The van der Waals surface area contributed by atoms with Gasteiger partial charge in [0, 0.05) is 52.2 Å². The molecule has 0 aliphatic heterocycles. The van der Waals surface area contributed by atoms with E-state index in [0.29, 0.717) is 5.82 Å². The van der Waals surface area contributed by atoms with Crippen LogP contribution in [-0.4, -0.2) is 24.1 Å². The van der Waals surface area contributed by atoms with Crippen molar-refractivity contribution in [1.82, 2.24) is 24.1 Å². The highest BCUT2D eigenvalue weighted by Gasteiger charge is 2.16. The molecule has 7 aromatic rings. The fourth-order valence-electron chi connectivity index (χ4n) is 4.77. The first-order valence-corrected chi connectivity index (χ1v) is 11.2. The topological polar surface area (TPSA) is 48.5 Å². The van der Waals surface area contributed by atoms with E-state index in [4.69, 9.17) is 4.98 Å². The minimum absolute atomic E-state index is 0.660. The predicted molar refractivity (Wildman–Crippen MR) is 136 cm³/mol. The van der Waals surface area contributed by atoms with E-state index >= 15 is 0 Å². The predicted octanol–water partition coefficient (Wildman–Crippen LogP) is 6.58. The van der Waals surface area contributed by atoms with Crippen LogP contribution in [0.3, 0.4) is 0 Å². The SMILES string of the molecule is c1ccc(-n2ccc3cc4c(cc32)c2ccccc2n4-c2ccnc(-c3cccnc3)n2)cc1. The molecule has 0 unspecified atom stereocenters. The Morgan fingerprint density at radius 1 is 0.647 bits per heavy atom. The van der Waals surface area contributed by atoms with Crippen LogP contribution in [0.15, 0.2) is 116 Å². The molecule has 3 aromatic carbocycles. The van der Waals surface area contributed by atoms with Crippen LogP contribution in [0.25, 0.3) is 55.6 Å². The molecule has 0 radical (unpaired) electrons. The number of fused-ring (bicyclic) bond motifs is 4. The molecule has 0 saturated heterocycles.